The molecule has 0 spiro atoms. The van der Waals surface area contributed by atoms with Crippen LogP contribution in [-0.2, 0) is 4.79 Å². The highest BCUT2D eigenvalue weighted by molar-refractivity contribution is 6.31. The Labute approximate surface area is 257 Å². The van der Waals surface area contributed by atoms with Crippen molar-refractivity contribution < 1.29 is 22.4 Å². The summed E-state index contributed by atoms with van der Waals surface area (Å²) in [5.41, 5.74) is 0.651. The zero-order chi connectivity index (χ0) is 31.1. The van der Waals surface area contributed by atoms with E-state index in [2.05, 4.69) is 25.7 Å². The number of hydrogen-bond donors (Lipinski definition) is 1. The van der Waals surface area contributed by atoms with Gasteiger partial charge in [-0.2, -0.15) is 13.9 Å². The first-order valence-electron chi connectivity index (χ1n) is 13.4. The Bertz CT molecular complexity index is 1940. The van der Waals surface area contributed by atoms with Crippen LogP contribution in [0.5, 0.6) is 0 Å². The van der Waals surface area contributed by atoms with Crippen LogP contribution in [0.1, 0.15) is 49.9 Å². The Morgan fingerprint density at radius 2 is 1.95 bits per heavy atom. The number of amides is 1. The molecule has 6 rings (SSSR count). The number of carbonyl (C=O) groups excluding carboxylic acids is 1. The largest absolute Gasteiger partial charge is 0.464 e. The second-order valence-corrected chi connectivity index (χ2v) is 11.1. The summed E-state index contributed by atoms with van der Waals surface area (Å²) in [4.78, 5) is 31.0. The SMILES string of the molecule is C[C@H]1CCC[C@@H](c2coc(-c3c(-n4cc(Cl)nn4)ccc(Cl)c3F)cc2=O)c2cc(ccn2)-c2c(cnn2C(F)F)NC1=O. The standard InChI is InChI=1S/C29H22Cl2F3N7O3/c1-14-3-2-4-16(19-9-15(7-8-35-19)27-20(37-28(14)43)11-36-41(27)29(33)34)17-13-44-23(10-22(17)42)25-21(6-5-18(30)26(25)32)40-12-24(31)38-39-40/h5-14,16,29H,2-4H2,1H3,(H,37,43)/t14-,16-/m0/s1. The molecule has 0 aliphatic carbocycles. The van der Waals surface area contributed by atoms with Gasteiger partial charge in [0.2, 0.25) is 5.91 Å². The first-order chi connectivity index (χ1) is 21.1. The molecule has 2 bridgehead atoms. The number of alkyl halides is 2. The van der Waals surface area contributed by atoms with E-state index in [1.54, 1.807) is 13.0 Å². The van der Waals surface area contributed by atoms with E-state index in [0.29, 0.717) is 35.2 Å². The van der Waals surface area contributed by atoms with Crippen molar-refractivity contribution in [3.8, 4) is 28.3 Å². The molecule has 1 aromatic carbocycles. The number of pyridine rings is 1. The molecular weight excluding hydrogens is 622 g/mol. The lowest BCUT2D eigenvalue weighted by Crippen LogP contribution is -2.22. The van der Waals surface area contributed by atoms with Gasteiger partial charge in [0.05, 0.1) is 46.3 Å². The van der Waals surface area contributed by atoms with Crippen LogP contribution < -0.4 is 10.7 Å². The van der Waals surface area contributed by atoms with Crippen LogP contribution in [0.3, 0.4) is 0 Å². The van der Waals surface area contributed by atoms with Crippen molar-refractivity contribution in [2.75, 3.05) is 5.32 Å². The number of benzene rings is 1. The Morgan fingerprint density at radius 1 is 1.14 bits per heavy atom. The molecule has 0 saturated heterocycles. The minimum absolute atomic E-state index is 0.00285. The molecule has 0 radical (unpaired) electrons. The molecule has 1 aliphatic heterocycles. The van der Waals surface area contributed by atoms with E-state index in [1.807, 2.05) is 0 Å². The quantitative estimate of drug-likeness (QED) is 0.227. The molecule has 0 saturated carbocycles. The molecule has 0 unspecified atom stereocenters. The summed E-state index contributed by atoms with van der Waals surface area (Å²) in [7, 11) is 0. The Hall–Kier alpha value is -4.49. The van der Waals surface area contributed by atoms with Gasteiger partial charge in [0, 0.05) is 40.9 Å². The molecule has 15 heteroatoms. The summed E-state index contributed by atoms with van der Waals surface area (Å²) in [6.45, 7) is -1.24. The Morgan fingerprint density at radius 3 is 2.68 bits per heavy atom. The molecule has 226 valence electrons. The van der Waals surface area contributed by atoms with E-state index in [9.17, 15) is 18.4 Å². The predicted octanol–water partition coefficient (Wildman–Crippen LogP) is 6.88. The van der Waals surface area contributed by atoms with Crippen molar-refractivity contribution in [2.24, 2.45) is 5.92 Å². The van der Waals surface area contributed by atoms with Crippen molar-refractivity contribution in [3.05, 3.63) is 92.7 Å². The third kappa shape index (κ3) is 5.48. The number of anilines is 1. The summed E-state index contributed by atoms with van der Waals surface area (Å²) in [5, 5.41) is 13.9. The van der Waals surface area contributed by atoms with E-state index in [0.717, 1.165) is 6.07 Å². The van der Waals surface area contributed by atoms with Gasteiger partial charge in [-0.25, -0.2) is 13.8 Å². The van der Waals surface area contributed by atoms with Crippen molar-refractivity contribution in [2.45, 2.75) is 38.7 Å². The number of hydrogen-bond acceptors (Lipinski definition) is 7. The summed E-state index contributed by atoms with van der Waals surface area (Å²) in [6, 6.07) is 7.06. The number of carbonyl (C=O) groups is 1. The topological polar surface area (TPSA) is 121 Å². The van der Waals surface area contributed by atoms with Crippen molar-refractivity contribution >= 4 is 34.8 Å². The fraction of sp³-hybridized carbons (Fsp3) is 0.241. The van der Waals surface area contributed by atoms with Crippen molar-refractivity contribution in [1.29, 1.82) is 0 Å². The number of halogens is 5. The monoisotopic (exact) mass is 643 g/mol. The maximum absolute atomic E-state index is 15.4. The van der Waals surface area contributed by atoms with Gasteiger partial charge < -0.3 is 9.73 Å². The normalized spacial score (nSPS) is 17.1. The van der Waals surface area contributed by atoms with E-state index in [1.165, 1.54) is 47.7 Å². The maximum Gasteiger partial charge on any atom is 0.333 e. The van der Waals surface area contributed by atoms with Gasteiger partial charge in [-0.3, -0.25) is 14.6 Å². The Balaban J connectivity index is 1.47. The molecule has 5 aromatic rings. The van der Waals surface area contributed by atoms with Crippen LogP contribution in [0.2, 0.25) is 10.2 Å². The lowest BCUT2D eigenvalue weighted by molar-refractivity contribution is -0.119. The van der Waals surface area contributed by atoms with Gasteiger partial charge >= 0.3 is 6.55 Å². The summed E-state index contributed by atoms with van der Waals surface area (Å²) >= 11 is 12.0. The van der Waals surface area contributed by atoms with Crippen LogP contribution in [0.25, 0.3) is 28.3 Å². The molecule has 1 aliphatic rings. The van der Waals surface area contributed by atoms with Crippen LogP contribution >= 0.6 is 23.2 Å². The second-order valence-electron chi connectivity index (χ2n) is 10.3. The van der Waals surface area contributed by atoms with Crippen LogP contribution in [0, 0.1) is 11.7 Å². The van der Waals surface area contributed by atoms with Crippen molar-refractivity contribution in [1.82, 2.24) is 29.8 Å². The van der Waals surface area contributed by atoms with E-state index in [4.69, 9.17) is 27.6 Å². The molecular formula is C29H22Cl2F3N7O3. The smallest absolute Gasteiger partial charge is 0.333 e. The number of nitrogens with one attached hydrogen (secondary N) is 1. The highest BCUT2D eigenvalue weighted by atomic mass is 35.5. The molecule has 10 nitrogen and oxygen atoms in total. The number of nitrogens with zero attached hydrogens (tertiary/aromatic N) is 6. The molecule has 0 fully saturated rings. The number of fused-ring (bicyclic) bond motifs is 4. The van der Waals surface area contributed by atoms with Gasteiger partial charge in [-0.15, -0.1) is 5.10 Å². The molecule has 5 heterocycles. The van der Waals surface area contributed by atoms with Crippen molar-refractivity contribution in [3.63, 3.8) is 0 Å². The summed E-state index contributed by atoms with van der Waals surface area (Å²) < 4.78 is 50.8. The number of aromatic nitrogens is 6. The van der Waals surface area contributed by atoms with Gasteiger partial charge in [0.1, 0.15) is 5.76 Å². The lowest BCUT2D eigenvalue weighted by atomic mass is 9.88. The van der Waals surface area contributed by atoms with Gasteiger partial charge in [0.15, 0.2) is 16.4 Å². The molecule has 1 amide bonds. The molecule has 4 aromatic heterocycles. The lowest BCUT2D eigenvalue weighted by Gasteiger charge is -2.20. The fourth-order valence-corrected chi connectivity index (χ4v) is 5.57. The van der Waals surface area contributed by atoms with Gasteiger partial charge in [0.25, 0.3) is 0 Å². The average Bonchev–Trinajstić information content (AvgIpc) is 3.62. The molecule has 1 N–H and O–H groups in total. The third-order valence-corrected chi connectivity index (χ3v) is 7.96. The number of rotatable bonds is 4. The predicted molar refractivity (Wildman–Crippen MR) is 156 cm³/mol. The van der Waals surface area contributed by atoms with Crippen LogP contribution in [0.4, 0.5) is 18.9 Å². The average molecular weight is 644 g/mol. The first-order valence-corrected chi connectivity index (χ1v) is 14.2. The summed E-state index contributed by atoms with van der Waals surface area (Å²) in [6.07, 6.45) is 6.55. The second kappa shape index (κ2) is 11.9. The van der Waals surface area contributed by atoms with E-state index in [-0.39, 0.29) is 50.0 Å². The highest BCUT2D eigenvalue weighted by Crippen LogP contribution is 2.37. The van der Waals surface area contributed by atoms with Gasteiger partial charge in [-0.05, 0) is 37.1 Å². The highest BCUT2D eigenvalue weighted by Gasteiger charge is 2.27. The third-order valence-electron chi connectivity index (χ3n) is 7.49. The molecule has 44 heavy (non-hydrogen) atoms. The van der Waals surface area contributed by atoms with Crippen LogP contribution in [-0.4, -0.2) is 35.7 Å². The zero-order valence-corrected chi connectivity index (χ0v) is 24.4. The first kappa shape index (κ1) is 29.6. The zero-order valence-electron chi connectivity index (χ0n) is 22.8. The van der Waals surface area contributed by atoms with Crippen LogP contribution in [0.15, 0.2) is 64.4 Å². The van der Waals surface area contributed by atoms with E-state index >= 15 is 4.39 Å². The summed E-state index contributed by atoms with van der Waals surface area (Å²) in [5.74, 6) is -2.41. The van der Waals surface area contributed by atoms with Gasteiger partial charge in [-0.1, -0.05) is 41.8 Å². The Kier molecular flexibility index (Phi) is 7.99. The van der Waals surface area contributed by atoms with E-state index < -0.39 is 29.6 Å². The fourth-order valence-electron chi connectivity index (χ4n) is 5.29. The molecule has 2 atom stereocenters. The maximum atomic E-state index is 15.4. The minimum Gasteiger partial charge on any atom is -0.464 e. The minimum atomic E-state index is -2.97.